The number of rotatable bonds is 5. The minimum atomic E-state index is -0.582. The number of imide groups is 1. The fourth-order valence-corrected chi connectivity index (χ4v) is 6.13. The largest absolute Gasteiger partial charge is 0.292 e. The second-order valence-corrected chi connectivity index (χ2v) is 9.74. The zero-order chi connectivity index (χ0) is 22.9. The molecule has 1 heterocycles. The van der Waals surface area contributed by atoms with Crippen LogP contribution in [0.5, 0.6) is 0 Å². The van der Waals surface area contributed by atoms with Gasteiger partial charge in [-0.25, -0.2) is 5.01 Å². The predicted molar refractivity (Wildman–Crippen MR) is 120 cm³/mol. The van der Waals surface area contributed by atoms with Crippen LogP contribution < -0.4 is 0 Å². The Morgan fingerprint density at radius 2 is 1.42 bits per heavy atom. The molecule has 0 aromatic heterocycles. The summed E-state index contributed by atoms with van der Waals surface area (Å²) in [6.07, 6.45) is 5.21. The Bertz CT molecular complexity index is 1170. The van der Waals surface area contributed by atoms with Crippen LogP contribution in [0.15, 0.2) is 66.7 Å². The molecule has 0 radical (unpaired) electrons. The van der Waals surface area contributed by atoms with Crippen molar-refractivity contribution in [1.29, 1.82) is 0 Å². The predicted octanol–water partition coefficient (Wildman–Crippen LogP) is 3.63. The number of amides is 3. The zero-order valence-corrected chi connectivity index (χ0v) is 18.4. The molecule has 0 unspecified atom stereocenters. The van der Waals surface area contributed by atoms with Crippen molar-refractivity contribution in [1.82, 2.24) is 10.0 Å². The van der Waals surface area contributed by atoms with Gasteiger partial charge < -0.3 is 0 Å². The fourth-order valence-electron chi connectivity index (χ4n) is 6.01. The highest BCUT2D eigenvalue weighted by atomic mass is 35.5. The molecule has 166 valence electrons. The lowest BCUT2D eigenvalue weighted by Crippen LogP contribution is -2.52. The fraction of sp³-hybridized carbons (Fsp3) is 0.308. The van der Waals surface area contributed by atoms with Crippen molar-refractivity contribution in [3.8, 4) is 0 Å². The highest BCUT2D eigenvalue weighted by Crippen LogP contribution is 2.65. The van der Waals surface area contributed by atoms with Crippen LogP contribution in [0, 0.1) is 35.5 Å². The molecule has 4 aliphatic carbocycles. The van der Waals surface area contributed by atoms with Gasteiger partial charge in [-0.2, -0.15) is 5.01 Å². The second kappa shape index (κ2) is 7.39. The van der Waals surface area contributed by atoms with Crippen LogP contribution >= 0.6 is 11.6 Å². The summed E-state index contributed by atoms with van der Waals surface area (Å²) in [4.78, 5) is 53.8. The number of benzene rings is 2. The third-order valence-electron chi connectivity index (χ3n) is 7.60. The highest BCUT2D eigenvalue weighted by molar-refractivity contribution is 6.30. The minimum absolute atomic E-state index is 0.0313. The first kappa shape index (κ1) is 20.4. The average molecular weight is 461 g/mol. The van der Waals surface area contributed by atoms with E-state index in [0.717, 1.165) is 16.4 Å². The molecule has 0 spiro atoms. The maximum absolute atomic E-state index is 13.6. The first-order valence-electron chi connectivity index (χ1n) is 11.2. The molecular formula is C26H21ClN2O4. The Labute approximate surface area is 195 Å². The molecule has 7 heteroatoms. The van der Waals surface area contributed by atoms with E-state index in [2.05, 4.69) is 12.2 Å². The van der Waals surface area contributed by atoms with Gasteiger partial charge in [0.1, 0.15) is 6.54 Å². The van der Waals surface area contributed by atoms with Gasteiger partial charge in [0.2, 0.25) is 0 Å². The smallest absolute Gasteiger partial charge is 0.273 e. The van der Waals surface area contributed by atoms with Crippen LogP contribution in [0.4, 0.5) is 0 Å². The van der Waals surface area contributed by atoms with Gasteiger partial charge in [0.25, 0.3) is 17.7 Å². The number of ketones is 1. The van der Waals surface area contributed by atoms with Crippen LogP contribution in [0.25, 0.3) is 0 Å². The van der Waals surface area contributed by atoms with E-state index in [0.29, 0.717) is 22.4 Å². The van der Waals surface area contributed by atoms with Gasteiger partial charge in [0.05, 0.1) is 11.8 Å². The topological polar surface area (TPSA) is 74.8 Å². The standard InChI is InChI=1S/C26H21ClN2O4/c27-16-8-6-15(7-9-16)24(31)28(13-21(30)14-4-2-1-3-5-14)29-25(32)22-17-10-11-18(20-12-19(17)20)23(22)26(29)33/h1-11,17-20,22-23H,12-13H2/t17-,18-,19-,20+,22-,23+/m0/s1. The van der Waals surface area contributed by atoms with E-state index in [1.165, 1.54) is 12.1 Å². The van der Waals surface area contributed by atoms with E-state index in [9.17, 15) is 19.2 Å². The first-order chi connectivity index (χ1) is 16.0. The lowest BCUT2D eigenvalue weighted by atomic mass is 9.63. The first-order valence-corrected chi connectivity index (χ1v) is 11.5. The molecule has 2 saturated carbocycles. The number of hydrogen-bond acceptors (Lipinski definition) is 4. The lowest BCUT2D eigenvalue weighted by molar-refractivity contribution is -0.154. The normalized spacial score (nSPS) is 30.8. The Morgan fingerprint density at radius 1 is 0.848 bits per heavy atom. The van der Waals surface area contributed by atoms with Crippen LogP contribution in [-0.2, 0) is 9.59 Å². The molecule has 2 aromatic carbocycles. The summed E-state index contributed by atoms with van der Waals surface area (Å²) in [5, 5.41) is 2.46. The minimum Gasteiger partial charge on any atom is -0.292 e. The van der Waals surface area contributed by atoms with Crippen LogP contribution in [-0.4, -0.2) is 40.1 Å². The van der Waals surface area contributed by atoms with Gasteiger partial charge in [-0.15, -0.1) is 0 Å². The number of carbonyl (C=O) groups excluding carboxylic acids is 4. The maximum atomic E-state index is 13.6. The van der Waals surface area contributed by atoms with Crippen molar-refractivity contribution in [2.45, 2.75) is 6.42 Å². The number of hydrogen-bond donors (Lipinski definition) is 0. The van der Waals surface area contributed by atoms with Gasteiger partial charge in [-0.05, 0) is 54.4 Å². The number of nitrogens with zero attached hydrogens (tertiary/aromatic N) is 2. The van der Waals surface area contributed by atoms with Crippen LogP contribution in [0.3, 0.4) is 0 Å². The van der Waals surface area contributed by atoms with Gasteiger partial charge in [0.15, 0.2) is 5.78 Å². The van der Waals surface area contributed by atoms with Crippen molar-refractivity contribution in [3.63, 3.8) is 0 Å². The number of Topliss-reactive ketones (excluding diaryl/α,β-unsaturated/α-hetero) is 1. The third-order valence-corrected chi connectivity index (χ3v) is 7.85. The molecule has 0 N–H and O–H groups in total. The molecule has 2 bridgehead atoms. The Morgan fingerprint density at radius 3 is 2.00 bits per heavy atom. The van der Waals surface area contributed by atoms with Crippen molar-refractivity contribution in [3.05, 3.63) is 82.9 Å². The van der Waals surface area contributed by atoms with Gasteiger partial charge in [-0.1, -0.05) is 54.1 Å². The second-order valence-electron chi connectivity index (χ2n) is 9.30. The van der Waals surface area contributed by atoms with E-state index < -0.39 is 24.3 Å². The Balaban J connectivity index is 1.37. The summed E-state index contributed by atoms with van der Waals surface area (Å²) in [7, 11) is 0. The number of halogens is 1. The molecule has 5 aliphatic rings. The Hall–Kier alpha value is -3.25. The van der Waals surface area contributed by atoms with E-state index in [1.54, 1.807) is 42.5 Å². The highest BCUT2D eigenvalue weighted by Gasteiger charge is 2.68. The van der Waals surface area contributed by atoms with E-state index in [-0.39, 0.29) is 35.0 Å². The average Bonchev–Trinajstić information content (AvgIpc) is 3.62. The summed E-state index contributed by atoms with van der Waals surface area (Å²) < 4.78 is 0. The number of allylic oxidation sites excluding steroid dienone is 2. The van der Waals surface area contributed by atoms with Crippen molar-refractivity contribution in [2.24, 2.45) is 35.5 Å². The Kier molecular flexibility index (Phi) is 4.56. The van der Waals surface area contributed by atoms with Crippen LogP contribution in [0.2, 0.25) is 5.02 Å². The summed E-state index contributed by atoms with van der Waals surface area (Å²) in [6.45, 7) is -0.405. The number of carbonyl (C=O) groups is 4. The van der Waals surface area contributed by atoms with Gasteiger partial charge >= 0.3 is 0 Å². The molecule has 3 fully saturated rings. The summed E-state index contributed by atoms with van der Waals surface area (Å²) >= 11 is 5.97. The molecule has 1 saturated heterocycles. The zero-order valence-electron chi connectivity index (χ0n) is 17.6. The van der Waals surface area contributed by atoms with E-state index in [1.807, 2.05) is 0 Å². The van der Waals surface area contributed by atoms with E-state index in [4.69, 9.17) is 11.6 Å². The summed E-state index contributed by atoms with van der Waals surface area (Å²) in [6, 6.07) is 14.8. The van der Waals surface area contributed by atoms with Crippen LogP contribution in [0.1, 0.15) is 27.1 Å². The molecular weight excluding hydrogens is 440 g/mol. The lowest BCUT2D eigenvalue weighted by Gasteiger charge is -2.37. The summed E-state index contributed by atoms with van der Waals surface area (Å²) in [5.41, 5.74) is 0.658. The van der Waals surface area contributed by atoms with Crippen molar-refractivity contribution < 1.29 is 19.2 Å². The maximum Gasteiger partial charge on any atom is 0.273 e. The quantitative estimate of drug-likeness (QED) is 0.388. The van der Waals surface area contributed by atoms with Crippen molar-refractivity contribution >= 4 is 35.1 Å². The van der Waals surface area contributed by atoms with Gasteiger partial charge in [0, 0.05) is 16.1 Å². The molecule has 3 amide bonds. The third kappa shape index (κ3) is 3.08. The van der Waals surface area contributed by atoms with Gasteiger partial charge in [-0.3, -0.25) is 19.2 Å². The molecule has 1 aliphatic heterocycles. The number of hydrazine groups is 1. The molecule has 2 aromatic rings. The summed E-state index contributed by atoms with van der Waals surface area (Å²) in [5.74, 6) is -1.64. The molecule has 6 nitrogen and oxygen atoms in total. The molecule has 6 atom stereocenters. The molecule has 33 heavy (non-hydrogen) atoms. The monoisotopic (exact) mass is 460 g/mol. The van der Waals surface area contributed by atoms with Crippen molar-refractivity contribution in [2.75, 3.05) is 6.54 Å². The van der Waals surface area contributed by atoms with E-state index >= 15 is 0 Å². The molecule has 7 rings (SSSR count). The SMILES string of the molecule is O=C(CN(C(=O)c1ccc(Cl)cc1)N1C(=O)[C@@H]2[C@H]3C=C[C@@H]([C@@H]4C[C@H]34)[C@@H]2C1=O)c1ccccc1.